The molecule has 5 heteroatoms. The standard InChI is InChI=1S/C17H27N3O2/c1-12-6-8-19-10-14(12)15(18-5)13-7-9-20(11-13)16(21)22-17(2,3)4/h6,8,10,13,15,18H,7,9,11H2,1-5H3. The van der Waals surface area contributed by atoms with Crippen LogP contribution in [0.2, 0.25) is 0 Å². The third-order valence-electron chi connectivity index (χ3n) is 4.07. The van der Waals surface area contributed by atoms with Crippen LogP contribution >= 0.6 is 0 Å². The average molecular weight is 305 g/mol. The fourth-order valence-corrected chi connectivity index (χ4v) is 3.00. The van der Waals surface area contributed by atoms with E-state index in [1.54, 1.807) is 0 Å². The van der Waals surface area contributed by atoms with Gasteiger partial charge in [0, 0.05) is 31.5 Å². The number of pyridine rings is 1. The molecule has 5 nitrogen and oxygen atoms in total. The fourth-order valence-electron chi connectivity index (χ4n) is 3.00. The van der Waals surface area contributed by atoms with E-state index in [0.29, 0.717) is 5.92 Å². The monoisotopic (exact) mass is 305 g/mol. The Kier molecular flexibility index (Phi) is 5.06. The number of rotatable bonds is 3. The van der Waals surface area contributed by atoms with Crippen LogP contribution in [0, 0.1) is 12.8 Å². The lowest BCUT2D eigenvalue weighted by atomic mass is 9.91. The van der Waals surface area contributed by atoms with Gasteiger partial charge in [0.1, 0.15) is 5.60 Å². The molecule has 0 aliphatic carbocycles. The van der Waals surface area contributed by atoms with Crippen molar-refractivity contribution in [3.8, 4) is 0 Å². The number of hydrogen-bond acceptors (Lipinski definition) is 4. The number of likely N-dealkylation sites (tertiary alicyclic amines) is 1. The van der Waals surface area contributed by atoms with Crippen LogP contribution < -0.4 is 5.32 Å². The molecule has 1 aliphatic heterocycles. The van der Waals surface area contributed by atoms with Crippen molar-refractivity contribution in [1.29, 1.82) is 0 Å². The largest absolute Gasteiger partial charge is 0.444 e. The normalized spacial score (nSPS) is 20.0. The number of ether oxygens (including phenoxy) is 1. The lowest BCUT2D eigenvalue weighted by Crippen LogP contribution is -2.36. The van der Waals surface area contributed by atoms with Crippen LogP contribution in [0.3, 0.4) is 0 Å². The van der Waals surface area contributed by atoms with Gasteiger partial charge in [0.2, 0.25) is 0 Å². The molecule has 1 amide bonds. The van der Waals surface area contributed by atoms with E-state index < -0.39 is 5.60 Å². The minimum Gasteiger partial charge on any atom is -0.444 e. The molecule has 1 aromatic rings. The van der Waals surface area contributed by atoms with Crippen LogP contribution in [0.4, 0.5) is 4.79 Å². The zero-order chi connectivity index (χ0) is 16.3. The maximum atomic E-state index is 12.2. The minimum atomic E-state index is -0.447. The number of nitrogens with one attached hydrogen (secondary N) is 1. The summed E-state index contributed by atoms with van der Waals surface area (Å²) < 4.78 is 5.47. The molecule has 0 bridgehead atoms. The maximum absolute atomic E-state index is 12.2. The Morgan fingerprint density at radius 1 is 1.50 bits per heavy atom. The second-order valence-corrected chi connectivity index (χ2v) is 6.97. The lowest BCUT2D eigenvalue weighted by Gasteiger charge is -2.27. The number of aromatic nitrogens is 1. The molecule has 1 aromatic heterocycles. The first kappa shape index (κ1) is 16.7. The highest BCUT2D eigenvalue weighted by Gasteiger charge is 2.34. The zero-order valence-corrected chi connectivity index (χ0v) is 14.2. The van der Waals surface area contributed by atoms with Gasteiger partial charge in [-0.05, 0) is 64.3 Å². The summed E-state index contributed by atoms with van der Waals surface area (Å²) >= 11 is 0. The molecule has 2 unspecified atom stereocenters. The fraction of sp³-hybridized carbons (Fsp3) is 0.647. The molecule has 1 fully saturated rings. The summed E-state index contributed by atoms with van der Waals surface area (Å²) in [5.41, 5.74) is 1.99. The predicted octanol–water partition coefficient (Wildman–Crippen LogP) is 2.91. The van der Waals surface area contributed by atoms with Gasteiger partial charge in [-0.2, -0.15) is 0 Å². The van der Waals surface area contributed by atoms with Crippen molar-refractivity contribution in [3.63, 3.8) is 0 Å². The average Bonchev–Trinajstić information content (AvgIpc) is 2.89. The molecule has 122 valence electrons. The first-order valence-electron chi connectivity index (χ1n) is 7.87. The van der Waals surface area contributed by atoms with Crippen molar-refractivity contribution in [3.05, 3.63) is 29.6 Å². The van der Waals surface area contributed by atoms with Crippen LogP contribution in [0.25, 0.3) is 0 Å². The minimum absolute atomic E-state index is 0.209. The van der Waals surface area contributed by atoms with Crippen molar-refractivity contribution in [2.75, 3.05) is 20.1 Å². The number of nitrogens with zero attached hydrogens (tertiary/aromatic N) is 2. The van der Waals surface area contributed by atoms with Crippen LogP contribution in [0.1, 0.15) is 44.4 Å². The lowest BCUT2D eigenvalue weighted by molar-refractivity contribution is 0.0285. The van der Waals surface area contributed by atoms with Gasteiger partial charge in [-0.3, -0.25) is 4.98 Å². The summed E-state index contributed by atoms with van der Waals surface area (Å²) in [4.78, 5) is 18.2. The van der Waals surface area contributed by atoms with Gasteiger partial charge >= 0.3 is 6.09 Å². The van der Waals surface area contributed by atoms with Crippen molar-refractivity contribution in [2.45, 2.75) is 45.8 Å². The van der Waals surface area contributed by atoms with E-state index in [-0.39, 0.29) is 12.1 Å². The summed E-state index contributed by atoms with van der Waals surface area (Å²) in [5, 5.41) is 3.39. The summed E-state index contributed by atoms with van der Waals surface area (Å²) in [6.07, 6.45) is 4.49. The van der Waals surface area contributed by atoms with Gasteiger partial charge in [-0.1, -0.05) is 0 Å². The topological polar surface area (TPSA) is 54.5 Å². The molecule has 2 rings (SSSR count). The molecule has 1 N–H and O–H groups in total. The SMILES string of the molecule is CNC(c1cnccc1C)C1CCN(C(=O)OC(C)(C)C)C1. The van der Waals surface area contributed by atoms with Gasteiger partial charge in [-0.15, -0.1) is 0 Å². The highest BCUT2D eigenvalue weighted by molar-refractivity contribution is 5.68. The molecule has 22 heavy (non-hydrogen) atoms. The zero-order valence-electron chi connectivity index (χ0n) is 14.2. The molecule has 2 atom stereocenters. The maximum Gasteiger partial charge on any atom is 0.410 e. The second kappa shape index (κ2) is 6.65. The molecule has 1 saturated heterocycles. The highest BCUT2D eigenvalue weighted by Crippen LogP contribution is 2.31. The molecule has 0 aromatic carbocycles. The van der Waals surface area contributed by atoms with Crippen LogP contribution in [0.5, 0.6) is 0 Å². The molecular weight excluding hydrogens is 278 g/mol. The summed E-state index contributed by atoms with van der Waals surface area (Å²) in [6.45, 7) is 9.25. The van der Waals surface area contributed by atoms with E-state index in [9.17, 15) is 4.79 Å². The molecule has 0 spiro atoms. The Hall–Kier alpha value is -1.62. The first-order valence-corrected chi connectivity index (χ1v) is 7.87. The molecular formula is C17H27N3O2. The summed E-state index contributed by atoms with van der Waals surface area (Å²) in [6, 6.07) is 2.24. The molecule has 0 radical (unpaired) electrons. The molecule has 1 aliphatic rings. The number of carbonyl (C=O) groups excluding carboxylic acids is 1. The number of aryl methyl sites for hydroxylation is 1. The van der Waals surface area contributed by atoms with Gasteiger partial charge in [0.15, 0.2) is 0 Å². The smallest absolute Gasteiger partial charge is 0.410 e. The Labute approximate surface area is 133 Å². The summed E-state index contributed by atoms with van der Waals surface area (Å²) in [5.74, 6) is 0.375. The van der Waals surface area contributed by atoms with Crippen LogP contribution in [-0.4, -0.2) is 41.7 Å². The number of amides is 1. The van der Waals surface area contributed by atoms with E-state index in [1.165, 1.54) is 11.1 Å². The second-order valence-electron chi connectivity index (χ2n) is 6.97. The quantitative estimate of drug-likeness (QED) is 0.933. The van der Waals surface area contributed by atoms with Crippen molar-refractivity contribution < 1.29 is 9.53 Å². The van der Waals surface area contributed by atoms with Gasteiger partial charge in [0.05, 0.1) is 0 Å². The van der Waals surface area contributed by atoms with E-state index in [2.05, 4.69) is 17.2 Å². The van der Waals surface area contributed by atoms with Gasteiger partial charge in [0.25, 0.3) is 0 Å². The Bertz CT molecular complexity index is 525. The van der Waals surface area contributed by atoms with E-state index in [4.69, 9.17) is 4.74 Å². The predicted molar refractivity (Wildman–Crippen MR) is 86.7 cm³/mol. The Balaban J connectivity index is 2.05. The highest BCUT2D eigenvalue weighted by atomic mass is 16.6. The first-order chi connectivity index (χ1) is 10.3. The number of hydrogen-bond donors (Lipinski definition) is 1. The Morgan fingerprint density at radius 3 is 2.82 bits per heavy atom. The third-order valence-corrected chi connectivity index (χ3v) is 4.07. The van der Waals surface area contributed by atoms with Crippen molar-refractivity contribution in [2.24, 2.45) is 5.92 Å². The van der Waals surface area contributed by atoms with Crippen molar-refractivity contribution >= 4 is 6.09 Å². The molecule has 0 saturated carbocycles. The van der Waals surface area contributed by atoms with Crippen LogP contribution in [-0.2, 0) is 4.74 Å². The third kappa shape index (κ3) is 3.97. The molecule has 2 heterocycles. The summed E-state index contributed by atoms with van der Waals surface area (Å²) in [7, 11) is 1.97. The van der Waals surface area contributed by atoms with Gasteiger partial charge in [-0.25, -0.2) is 4.79 Å². The van der Waals surface area contributed by atoms with Crippen molar-refractivity contribution in [1.82, 2.24) is 15.2 Å². The van der Waals surface area contributed by atoms with E-state index in [1.807, 2.05) is 51.2 Å². The Morgan fingerprint density at radius 2 is 2.23 bits per heavy atom. The van der Waals surface area contributed by atoms with E-state index >= 15 is 0 Å². The van der Waals surface area contributed by atoms with Gasteiger partial charge < -0.3 is 15.0 Å². The number of carbonyl (C=O) groups is 1. The van der Waals surface area contributed by atoms with Crippen LogP contribution in [0.15, 0.2) is 18.5 Å². The van der Waals surface area contributed by atoms with E-state index in [0.717, 1.165) is 19.5 Å².